The van der Waals surface area contributed by atoms with Crippen molar-refractivity contribution in [3.05, 3.63) is 47.5 Å². The van der Waals surface area contributed by atoms with Gasteiger partial charge in [-0.2, -0.15) is 0 Å². The van der Waals surface area contributed by atoms with Crippen LogP contribution in [0.25, 0.3) is 0 Å². The second-order valence-corrected chi connectivity index (χ2v) is 6.15. The molecule has 3 rings (SSSR count). The minimum atomic E-state index is 0.0841. The van der Waals surface area contributed by atoms with Gasteiger partial charge in [0.1, 0.15) is 0 Å². The van der Waals surface area contributed by atoms with Crippen molar-refractivity contribution >= 4 is 11.8 Å². The molecule has 21 heavy (non-hydrogen) atoms. The number of aliphatic hydroxyl groups is 1. The van der Waals surface area contributed by atoms with E-state index < -0.39 is 0 Å². The first-order valence-corrected chi connectivity index (χ1v) is 7.86. The van der Waals surface area contributed by atoms with Crippen molar-refractivity contribution < 1.29 is 14.6 Å². The van der Waals surface area contributed by atoms with Crippen molar-refractivity contribution in [1.82, 2.24) is 0 Å². The van der Waals surface area contributed by atoms with Gasteiger partial charge in [-0.1, -0.05) is 17.8 Å². The number of aliphatic hydroxyl groups excluding tert-OH is 1. The Bertz CT molecular complexity index is 640. The van der Waals surface area contributed by atoms with Crippen LogP contribution < -0.4 is 9.47 Å². The summed E-state index contributed by atoms with van der Waals surface area (Å²) in [6, 6.07) is 12.2. The van der Waals surface area contributed by atoms with Crippen molar-refractivity contribution in [2.45, 2.75) is 29.7 Å². The van der Waals surface area contributed by atoms with Gasteiger partial charge in [0.15, 0.2) is 11.5 Å². The lowest BCUT2D eigenvalue weighted by molar-refractivity contribution is 0.281. The van der Waals surface area contributed by atoms with Crippen LogP contribution in [0.3, 0.4) is 0 Å². The molecule has 4 heteroatoms. The summed E-state index contributed by atoms with van der Waals surface area (Å²) in [5.74, 6) is 1.64. The fraction of sp³-hybridized carbons (Fsp3) is 0.294. The summed E-state index contributed by atoms with van der Waals surface area (Å²) in [5.41, 5.74) is 2.08. The van der Waals surface area contributed by atoms with Crippen molar-refractivity contribution in [3.8, 4) is 11.5 Å². The van der Waals surface area contributed by atoms with E-state index in [0.29, 0.717) is 13.2 Å². The molecule has 0 saturated carbocycles. The number of ether oxygens (including phenoxy) is 2. The minimum Gasteiger partial charge on any atom is -0.490 e. The van der Waals surface area contributed by atoms with Gasteiger partial charge in [-0.25, -0.2) is 0 Å². The normalized spacial score (nSPS) is 13.8. The van der Waals surface area contributed by atoms with Crippen LogP contribution in [0.1, 0.15) is 17.5 Å². The highest BCUT2D eigenvalue weighted by molar-refractivity contribution is 7.99. The lowest BCUT2D eigenvalue weighted by Gasteiger charge is -2.10. The van der Waals surface area contributed by atoms with Crippen LogP contribution in [0, 0.1) is 6.92 Å². The Morgan fingerprint density at radius 2 is 1.71 bits per heavy atom. The molecule has 0 unspecified atom stereocenters. The Morgan fingerprint density at radius 1 is 1.00 bits per heavy atom. The largest absolute Gasteiger partial charge is 0.490 e. The molecule has 1 heterocycles. The third kappa shape index (κ3) is 3.34. The predicted octanol–water partition coefficient (Wildman–Crippen LogP) is 3.80. The molecule has 3 nitrogen and oxygen atoms in total. The van der Waals surface area contributed by atoms with Gasteiger partial charge in [0, 0.05) is 16.2 Å². The zero-order chi connectivity index (χ0) is 14.7. The van der Waals surface area contributed by atoms with Gasteiger partial charge < -0.3 is 14.6 Å². The number of benzene rings is 2. The minimum absolute atomic E-state index is 0.0841. The van der Waals surface area contributed by atoms with E-state index in [4.69, 9.17) is 9.47 Å². The topological polar surface area (TPSA) is 38.7 Å². The lowest BCUT2D eigenvalue weighted by atomic mass is 10.1. The maximum absolute atomic E-state index is 9.22. The molecular weight excluding hydrogens is 284 g/mol. The molecule has 0 saturated heterocycles. The fourth-order valence-corrected chi connectivity index (χ4v) is 3.20. The highest BCUT2D eigenvalue weighted by atomic mass is 32.2. The summed E-state index contributed by atoms with van der Waals surface area (Å²) in [4.78, 5) is 2.27. The highest BCUT2D eigenvalue weighted by Crippen LogP contribution is 2.36. The van der Waals surface area contributed by atoms with Crippen LogP contribution in [0.4, 0.5) is 0 Å². The van der Waals surface area contributed by atoms with E-state index in [1.54, 1.807) is 11.8 Å². The Morgan fingerprint density at radius 3 is 2.48 bits per heavy atom. The maximum Gasteiger partial charge on any atom is 0.162 e. The third-order valence-corrected chi connectivity index (χ3v) is 4.42. The van der Waals surface area contributed by atoms with Crippen molar-refractivity contribution in [3.63, 3.8) is 0 Å². The molecule has 2 aromatic rings. The van der Waals surface area contributed by atoms with Crippen molar-refractivity contribution in [2.75, 3.05) is 13.2 Å². The van der Waals surface area contributed by atoms with Gasteiger partial charge in [-0.15, -0.1) is 0 Å². The van der Waals surface area contributed by atoms with Gasteiger partial charge >= 0.3 is 0 Å². The first kappa shape index (κ1) is 14.3. The molecule has 0 fully saturated rings. The number of aryl methyl sites for hydroxylation is 1. The second-order valence-electron chi connectivity index (χ2n) is 5.01. The number of hydrogen-bond acceptors (Lipinski definition) is 4. The summed E-state index contributed by atoms with van der Waals surface area (Å²) in [5, 5.41) is 9.22. The van der Waals surface area contributed by atoms with Gasteiger partial charge in [0.05, 0.1) is 19.8 Å². The fourth-order valence-electron chi connectivity index (χ4n) is 2.25. The highest BCUT2D eigenvalue weighted by Gasteiger charge is 2.11. The maximum atomic E-state index is 9.22. The summed E-state index contributed by atoms with van der Waals surface area (Å²) in [6.07, 6.45) is 0.916. The quantitative estimate of drug-likeness (QED) is 0.936. The van der Waals surface area contributed by atoms with E-state index in [-0.39, 0.29) is 6.61 Å². The third-order valence-electron chi connectivity index (χ3n) is 3.44. The lowest BCUT2D eigenvalue weighted by Crippen LogP contribution is -1.97. The van der Waals surface area contributed by atoms with E-state index in [1.165, 1.54) is 0 Å². The molecule has 0 radical (unpaired) electrons. The van der Waals surface area contributed by atoms with Gasteiger partial charge in [-0.3, -0.25) is 0 Å². The first-order chi connectivity index (χ1) is 10.3. The SMILES string of the molecule is Cc1cc(Sc2ccc3c(c2)OCCCO3)ccc1CO. The van der Waals surface area contributed by atoms with Crippen molar-refractivity contribution in [2.24, 2.45) is 0 Å². The zero-order valence-corrected chi connectivity index (χ0v) is 12.8. The summed E-state index contributed by atoms with van der Waals surface area (Å²) >= 11 is 1.68. The molecule has 1 aliphatic heterocycles. The standard InChI is InChI=1S/C17H18O3S/c1-12-9-14(4-3-13(12)11-18)21-15-5-6-16-17(10-15)20-8-2-7-19-16/h3-6,9-10,18H,2,7-8,11H2,1H3. The monoisotopic (exact) mass is 302 g/mol. The van der Waals surface area contributed by atoms with Crippen LogP contribution in [0.2, 0.25) is 0 Å². The van der Waals surface area contributed by atoms with Crippen LogP contribution in [0.15, 0.2) is 46.2 Å². The van der Waals surface area contributed by atoms with Crippen LogP contribution in [0.5, 0.6) is 11.5 Å². The van der Waals surface area contributed by atoms with Crippen LogP contribution >= 0.6 is 11.8 Å². The molecule has 0 aliphatic carbocycles. The molecule has 0 atom stereocenters. The number of fused-ring (bicyclic) bond motifs is 1. The average molecular weight is 302 g/mol. The Kier molecular flexibility index (Phi) is 4.36. The van der Waals surface area contributed by atoms with E-state index in [2.05, 4.69) is 6.07 Å². The Balaban J connectivity index is 1.81. The first-order valence-electron chi connectivity index (χ1n) is 7.04. The van der Waals surface area contributed by atoms with E-state index in [1.807, 2.05) is 37.3 Å². The molecule has 0 bridgehead atoms. The molecular formula is C17H18O3S. The molecule has 1 aliphatic rings. The van der Waals surface area contributed by atoms with Crippen LogP contribution in [-0.2, 0) is 6.61 Å². The van der Waals surface area contributed by atoms with E-state index in [9.17, 15) is 5.11 Å². The molecule has 0 amide bonds. The van der Waals surface area contributed by atoms with Crippen LogP contribution in [-0.4, -0.2) is 18.3 Å². The number of hydrogen-bond donors (Lipinski definition) is 1. The summed E-state index contributed by atoms with van der Waals surface area (Å²) in [6.45, 7) is 3.51. The predicted molar refractivity (Wildman–Crippen MR) is 83.3 cm³/mol. The van der Waals surface area contributed by atoms with Crippen molar-refractivity contribution in [1.29, 1.82) is 0 Å². The number of rotatable bonds is 3. The Hall–Kier alpha value is -1.65. The molecule has 0 spiro atoms. The summed E-state index contributed by atoms with van der Waals surface area (Å²) in [7, 11) is 0. The summed E-state index contributed by atoms with van der Waals surface area (Å²) < 4.78 is 11.4. The molecule has 110 valence electrons. The van der Waals surface area contributed by atoms with E-state index in [0.717, 1.165) is 38.8 Å². The van der Waals surface area contributed by atoms with Gasteiger partial charge in [0.25, 0.3) is 0 Å². The van der Waals surface area contributed by atoms with Gasteiger partial charge in [-0.05, 0) is 48.4 Å². The zero-order valence-electron chi connectivity index (χ0n) is 12.0. The molecule has 0 aromatic heterocycles. The smallest absolute Gasteiger partial charge is 0.162 e. The molecule has 2 aromatic carbocycles. The molecule has 1 N–H and O–H groups in total. The van der Waals surface area contributed by atoms with Gasteiger partial charge in [0.2, 0.25) is 0 Å². The van der Waals surface area contributed by atoms with E-state index >= 15 is 0 Å². The second kappa shape index (κ2) is 6.41. The average Bonchev–Trinajstić information content (AvgIpc) is 2.72. The Labute approximate surface area is 128 Å².